The number of nitrogens with one attached hydrogen (secondary N) is 3. The van der Waals surface area contributed by atoms with Crippen molar-refractivity contribution in [2.45, 2.75) is 69.1 Å². The van der Waals surface area contributed by atoms with Gasteiger partial charge in [0.2, 0.25) is 17.7 Å². The molecule has 8 rings (SSSR count). The van der Waals surface area contributed by atoms with Gasteiger partial charge in [-0.05, 0) is 81.6 Å². The number of carbonyl (C=O) groups excluding carboxylic acids is 4. The average molecular weight is 811 g/mol. The van der Waals surface area contributed by atoms with Crippen LogP contribution in [0.25, 0.3) is 22.5 Å². The predicted molar refractivity (Wildman–Crippen MR) is 225 cm³/mol. The highest BCUT2D eigenvalue weighted by Crippen LogP contribution is 2.37. The molecule has 14 nitrogen and oxygen atoms in total. The molecule has 4 amide bonds. The molecule has 3 aliphatic rings. The fraction of sp³-hybridized carbons (Fsp3) is 0.348. The van der Waals surface area contributed by atoms with Crippen LogP contribution in [-0.4, -0.2) is 93.8 Å². The van der Waals surface area contributed by atoms with Crippen LogP contribution in [0.5, 0.6) is 0 Å². The number of amides is 4. The van der Waals surface area contributed by atoms with Crippen LogP contribution in [0.3, 0.4) is 0 Å². The number of carbonyl (C=O) groups is 4. The number of aromatic amines is 1. The molecule has 310 valence electrons. The number of ether oxygens (including phenoxy) is 1. The zero-order valence-corrected chi connectivity index (χ0v) is 34.3. The number of rotatable bonds is 11. The topological polar surface area (TPSA) is 166 Å². The highest BCUT2D eigenvalue weighted by atomic mass is 16.5. The van der Waals surface area contributed by atoms with Crippen molar-refractivity contribution in [3.8, 4) is 11.5 Å². The summed E-state index contributed by atoms with van der Waals surface area (Å²) in [5, 5.41) is 5.77. The predicted octanol–water partition coefficient (Wildman–Crippen LogP) is 6.71. The van der Waals surface area contributed by atoms with Crippen LogP contribution in [0.15, 0.2) is 113 Å². The molecule has 14 heteroatoms. The number of fused-ring (bicyclic) bond motifs is 1. The van der Waals surface area contributed by atoms with Gasteiger partial charge in [-0.2, -0.15) is 0 Å². The second-order valence-electron chi connectivity index (χ2n) is 15.9. The maximum atomic E-state index is 14.0. The van der Waals surface area contributed by atoms with E-state index in [1.165, 1.54) is 7.11 Å². The average Bonchev–Trinajstić information content (AvgIpc) is 4.10. The van der Waals surface area contributed by atoms with Crippen LogP contribution in [0.4, 0.5) is 4.79 Å². The number of likely N-dealkylation sites (N-methyl/N-ethyl adjacent to an activating group) is 1. The van der Waals surface area contributed by atoms with Crippen molar-refractivity contribution in [2.75, 3.05) is 34.3 Å². The summed E-state index contributed by atoms with van der Waals surface area (Å²) in [6, 6.07) is 22.4. The lowest BCUT2D eigenvalue weighted by Crippen LogP contribution is -2.50. The number of aromatic nitrogens is 3. The molecule has 2 aliphatic heterocycles. The van der Waals surface area contributed by atoms with Crippen LogP contribution in [0, 0.1) is 0 Å². The first-order chi connectivity index (χ1) is 29.1. The van der Waals surface area contributed by atoms with Gasteiger partial charge < -0.3 is 34.6 Å². The summed E-state index contributed by atoms with van der Waals surface area (Å²) in [7, 11) is 5.11. The lowest BCUT2D eigenvalue weighted by molar-refractivity contribution is -0.139. The molecule has 2 aromatic heterocycles. The molecule has 3 aromatic carbocycles. The van der Waals surface area contributed by atoms with E-state index < -0.39 is 24.2 Å². The third-order valence-electron chi connectivity index (χ3n) is 11.8. The maximum absolute atomic E-state index is 14.0. The van der Waals surface area contributed by atoms with Gasteiger partial charge in [0.15, 0.2) is 0 Å². The first kappa shape index (κ1) is 40.2. The number of nitrogens with zero attached hydrogens (tertiary/aromatic N) is 5. The number of methoxy groups -OCH3 is 1. The molecule has 0 saturated carbocycles. The quantitative estimate of drug-likeness (QED) is 0.132. The van der Waals surface area contributed by atoms with Crippen molar-refractivity contribution < 1.29 is 28.3 Å². The Morgan fingerprint density at radius 3 is 2.37 bits per heavy atom. The van der Waals surface area contributed by atoms with E-state index in [2.05, 4.69) is 20.6 Å². The minimum absolute atomic E-state index is 0.0595. The van der Waals surface area contributed by atoms with E-state index in [1.54, 1.807) is 35.4 Å². The summed E-state index contributed by atoms with van der Waals surface area (Å²) < 4.78 is 11.2. The molecular weight excluding hydrogens is 761 g/mol. The van der Waals surface area contributed by atoms with Gasteiger partial charge in [0.1, 0.15) is 29.7 Å². The zero-order chi connectivity index (χ0) is 41.9. The van der Waals surface area contributed by atoms with Gasteiger partial charge in [0, 0.05) is 36.7 Å². The summed E-state index contributed by atoms with van der Waals surface area (Å²) in [4.78, 5) is 72.6. The molecule has 2 saturated heterocycles. The largest absolute Gasteiger partial charge is 0.453 e. The number of H-pyrrole nitrogens is 1. The fourth-order valence-corrected chi connectivity index (χ4v) is 8.64. The van der Waals surface area contributed by atoms with Gasteiger partial charge in [-0.3, -0.25) is 19.3 Å². The van der Waals surface area contributed by atoms with Crippen molar-refractivity contribution in [1.82, 2.24) is 40.3 Å². The number of hydrogen-bond donors (Lipinski definition) is 3. The Morgan fingerprint density at radius 1 is 0.917 bits per heavy atom. The SMILES string of the molecule is COC(=O)N[C@@H](C(=O)N1CCC[C@H]1C(=O)NC1=C(C)C=CC(c2cnc(-c3ccc4[nH]c([C@@H]5CCCN5C(=O)[C@@H](c5ccccc5)N(C)C)nc4c3)o2)C1)c1ccccc1. The van der Waals surface area contributed by atoms with E-state index in [1.807, 2.05) is 97.6 Å². The summed E-state index contributed by atoms with van der Waals surface area (Å²) in [5.41, 5.74) is 5.59. The summed E-state index contributed by atoms with van der Waals surface area (Å²) in [5.74, 6) is 1.07. The van der Waals surface area contributed by atoms with Crippen LogP contribution in [-0.2, 0) is 19.1 Å². The van der Waals surface area contributed by atoms with Gasteiger partial charge in [-0.25, -0.2) is 14.8 Å². The zero-order valence-electron chi connectivity index (χ0n) is 34.3. The molecule has 60 heavy (non-hydrogen) atoms. The summed E-state index contributed by atoms with van der Waals surface area (Å²) in [6.07, 6.45) is 8.33. The molecule has 1 unspecified atom stereocenters. The van der Waals surface area contributed by atoms with Crippen LogP contribution in [0.2, 0.25) is 0 Å². The maximum Gasteiger partial charge on any atom is 0.407 e. The van der Waals surface area contributed by atoms with E-state index in [4.69, 9.17) is 14.1 Å². The Balaban J connectivity index is 0.939. The van der Waals surface area contributed by atoms with E-state index >= 15 is 0 Å². The second kappa shape index (κ2) is 17.4. The molecular formula is C46H50N8O6. The van der Waals surface area contributed by atoms with Crippen LogP contribution in [0.1, 0.15) is 85.8 Å². The number of imidazole rings is 1. The lowest BCUT2D eigenvalue weighted by atomic mass is 9.92. The first-order valence-corrected chi connectivity index (χ1v) is 20.5. The van der Waals surface area contributed by atoms with Crippen LogP contribution < -0.4 is 10.6 Å². The Labute approximate surface area is 348 Å². The molecule has 5 aromatic rings. The number of oxazole rings is 1. The highest BCUT2D eigenvalue weighted by Gasteiger charge is 2.40. The molecule has 0 bridgehead atoms. The Kier molecular flexibility index (Phi) is 11.6. The summed E-state index contributed by atoms with van der Waals surface area (Å²) in [6.45, 7) is 3.00. The van der Waals surface area contributed by atoms with Crippen molar-refractivity contribution in [1.29, 1.82) is 0 Å². The number of benzene rings is 3. The minimum atomic E-state index is -0.999. The van der Waals surface area contributed by atoms with E-state index in [-0.39, 0.29) is 29.7 Å². The summed E-state index contributed by atoms with van der Waals surface area (Å²) >= 11 is 0. The minimum Gasteiger partial charge on any atom is -0.453 e. The molecule has 0 spiro atoms. The van der Waals surface area contributed by atoms with Gasteiger partial charge >= 0.3 is 6.09 Å². The van der Waals surface area contributed by atoms with E-state index in [0.717, 1.165) is 52.1 Å². The Bertz CT molecular complexity index is 2440. The molecule has 5 atom stereocenters. The van der Waals surface area contributed by atoms with Gasteiger partial charge in [-0.15, -0.1) is 0 Å². The van der Waals surface area contributed by atoms with Crippen molar-refractivity contribution in [3.05, 3.63) is 131 Å². The van der Waals surface area contributed by atoms with Crippen molar-refractivity contribution in [3.63, 3.8) is 0 Å². The fourth-order valence-electron chi connectivity index (χ4n) is 8.64. The van der Waals surface area contributed by atoms with E-state index in [0.29, 0.717) is 49.6 Å². The molecule has 2 fully saturated rings. The third kappa shape index (κ3) is 8.19. The molecule has 1 aliphatic carbocycles. The van der Waals surface area contributed by atoms with E-state index in [9.17, 15) is 19.2 Å². The second-order valence-corrected chi connectivity index (χ2v) is 15.9. The standard InChI is InChI=1S/C46H50N8O6/c1-28-19-20-31(25-34(28)50-42(55)37-18-12-24-54(37)44(56)39(51-46(58)59-4)29-13-7-5-8-14-29)38-27-47-43(60-38)32-21-22-33-35(26-32)49-41(48-33)36-17-11-23-53(36)45(57)40(52(2)3)30-15-9-6-10-16-30/h5-10,13-16,19-22,26-27,31,36-37,39-40H,11-12,17-18,23-25H2,1-4H3,(H,48,49)(H,50,55)(H,51,58)/t31?,36-,37-,39+,40+/m0/s1. The lowest BCUT2D eigenvalue weighted by Gasteiger charge is -2.31. The van der Waals surface area contributed by atoms with Crippen molar-refractivity contribution >= 4 is 34.8 Å². The third-order valence-corrected chi connectivity index (χ3v) is 11.8. The van der Waals surface area contributed by atoms with Crippen molar-refractivity contribution in [2.24, 2.45) is 0 Å². The Morgan fingerprint density at radius 2 is 1.63 bits per heavy atom. The molecule has 3 N–H and O–H groups in total. The molecule has 0 radical (unpaired) electrons. The number of likely N-dealkylation sites (tertiary alicyclic amines) is 2. The van der Waals surface area contributed by atoms with Gasteiger partial charge in [0.25, 0.3) is 5.91 Å². The smallest absolute Gasteiger partial charge is 0.407 e. The normalized spacial score (nSPS) is 20.1. The Hall–Kier alpha value is -6.54. The monoisotopic (exact) mass is 810 g/mol. The van der Waals surface area contributed by atoms with Gasteiger partial charge in [-0.1, -0.05) is 72.8 Å². The number of hydrogen-bond acceptors (Lipinski definition) is 9. The number of alkyl carbamates (subject to hydrolysis) is 1. The number of allylic oxidation sites excluding steroid dienone is 4. The first-order valence-electron chi connectivity index (χ1n) is 20.5. The molecule has 4 heterocycles. The van der Waals surface area contributed by atoms with Gasteiger partial charge in [0.05, 0.1) is 30.4 Å². The highest BCUT2D eigenvalue weighted by molar-refractivity contribution is 5.93. The van der Waals surface area contributed by atoms with Crippen LogP contribution >= 0.6 is 0 Å².